The molecule has 0 saturated carbocycles. The van der Waals surface area contributed by atoms with Gasteiger partial charge in [0.05, 0.1) is 28.2 Å². The van der Waals surface area contributed by atoms with E-state index in [1.807, 2.05) is 50.2 Å². The van der Waals surface area contributed by atoms with Crippen molar-refractivity contribution in [1.82, 2.24) is 9.55 Å². The van der Waals surface area contributed by atoms with Gasteiger partial charge in [-0.1, -0.05) is 37.3 Å². The van der Waals surface area contributed by atoms with Crippen molar-refractivity contribution in [1.29, 1.82) is 5.26 Å². The SMILES string of the molecule is CCOc1ccccc1NC(=O)/C(C#N)=c1\s/c(=C\c2ccccn2)c(=O)n1-c1ccc(CC)cc1. The van der Waals surface area contributed by atoms with Crippen molar-refractivity contribution in [2.75, 3.05) is 11.9 Å². The molecule has 8 heteroatoms. The maximum atomic E-state index is 13.5. The lowest BCUT2D eigenvalue weighted by atomic mass is 10.1. The number of ether oxygens (including phenoxy) is 1. The first-order chi connectivity index (χ1) is 17.5. The van der Waals surface area contributed by atoms with Crippen molar-refractivity contribution in [2.45, 2.75) is 20.3 Å². The van der Waals surface area contributed by atoms with Crippen LogP contribution >= 0.6 is 11.3 Å². The third-order valence-electron chi connectivity index (χ3n) is 5.38. The molecule has 0 aliphatic heterocycles. The quantitative estimate of drug-likeness (QED) is 0.423. The van der Waals surface area contributed by atoms with Crippen molar-refractivity contribution in [3.63, 3.8) is 0 Å². The molecule has 2 aromatic carbocycles. The molecule has 0 atom stereocenters. The van der Waals surface area contributed by atoms with Crippen LogP contribution in [0, 0.1) is 11.3 Å². The molecule has 0 aliphatic rings. The number of hydrogen-bond donors (Lipinski definition) is 1. The van der Waals surface area contributed by atoms with Gasteiger partial charge in [0.15, 0.2) is 5.57 Å². The van der Waals surface area contributed by atoms with E-state index in [0.29, 0.717) is 34.0 Å². The van der Waals surface area contributed by atoms with E-state index in [1.165, 1.54) is 4.57 Å². The number of nitriles is 1. The van der Waals surface area contributed by atoms with Crippen LogP contribution in [0.3, 0.4) is 0 Å². The van der Waals surface area contributed by atoms with E-state index in [9.17, 15) is 14.9 Å². The van der Waals surface area contributed by atoms with E-state index in [0.717, 1.165) is 23.3 Å². The van der Waals surface area contributed by atoms with Gasteiger partial charge in [-0.3, -0.25) is 19.1 Å². The number of nitrogens with zero attached hydrogens (tertiary/aromatic N) is 3. The number of hydrogen-bond acceptors (Lipinski definition) is 6. The Kier molecular flexibility index (Phi) is 7.73. The highest BCUT2D eigenvalue weighted by molar-refractivity contribution is 7.07. The summed E-state index contributed by atoms with van der Waals surface area (Å²) in [6, 6.07) is 21.9. The van der Waals surface area contributed by atoms with Gasteiger partial charge in [0.25, 0.3) is 11.5 Å². The first-order valence-corrected chi connectivity index (χ1v) is 12.3. The van der Waals surface area contributed by atoms with Crippen LogP contribution < -0.4 is 24.8 Å². The molecule has 0 unspecified atom stereocenters. The Labute approximate surface area is 212 Å². The average molecular weight is 497 g/mol. The van der Waals surface area contributed by atoms with E-state index >= 15 is 0 Å². The van der Waals surface area contributed by atoms with Gasteiger partial charge in [0.2, 0.25) is 0 Å². The second kappa shape index (κ2) is 11.3. The summed E-state index contributed by atoms with van der Waals surface area (Å²) in [5, 5.41) is 12.8. The molecule has 0 radical (unpaired) electrons. The molecule has 2 aromatic heterocycles. The number of carbonyl (C=O) groups excluding carboxylic acids is 1. The molecule has 180 valence electrons. The number of benzene rings is 2. The van der Waals surface area contributed by atoms with Gasteiger partial charge < -0.3 is 10.1 Å². The fourth-order valence-electron chi connectivity index (χ4n) is 3.59. The van der Waals surface area contributed by atoms with Crippen LogP contribution in [0.1, 0.15) is 25.1 Å². The molecule has 1 amide bonds. The van der Waals surface area contributed by atoms with Crippen LogP contribution in [-0.2, 0) is 11.2 Å². The summed E-state index contributed by atoms with van der Waals surface area (Å²) in [6.07, 6.45) is 4.14. The number of para-hydroxylation sites is 2. The Morgan fingerprint density at radius 1 is 1.11 bits per heavy atom. The first-order valence-electron chi connectivity index (χ1n) is 11.5. The van der Waals surface area contributed by atoms with Gasteiger partial charge >= 0.3 is 0 Å². The zero-order chi connectivity index (χ0) is 25.5. The van der Waals surface area contributed by atoms with Gasteiger partial charge in [-0.25, -0.2) is 0 Å². The zero-order valence-corrected chi connectivity index (χ0v) is 20.7. The fourth-order valence-corrected chi connectivity index (χ4v) is 4.68. The van der Waals surface area contributed by atoms with Crippen LogP contribution in [0.25, 0.3) is 17.3 Å². The lowest BCUT2D eigenvalue weighted by Crippen LogP contribution is -2.32. The topological polar surface area (TPSA) is 97.0 Å². The summed E-state index contributed by atoms with van der Waals surface area (Å²) < 4.78 is 7.59. The lowest BCUT2D eigenvalue weighted by Gasteiger charge is -2.11. The average Bonchev–Trinajstić information content (AvgIpc) is 3.21. The fraction of sp³-hybridized carbons (Fsp3) is 0.143. The van der Waals surface area contributed by atoms with Gasteiger partial charge in [0.1, 0.15) is 16.5 Å². The number of anilines is 1. The monoisotopic (exact) mass is 496 g/mol. The number of carbonyl (C=O) groups is 1. The highest BCUT2D eigenvalue weighted by Crippen LogP contribution is 2.24. The zero-order valence-electron chi connectivity index (χ0n) is 19.9. The second-order valence-corrected chi connectivity index (χ2v) is 8.73. The van der Waals surface area contributed by atoms with Crippen LogP contribution in [0.2, 0.25) is 0 Å². The third kappa shape index (κ3) is 5.27. The Morgan fingerprint density at radius 2 is 1.86 bits per heavy atom. The lowest BCUT2D eigenvalue weighted by molar-refractivity contribution is -0.111. The number of rotatable bonds is 7. The minimum atomic E-state index is -0.630. The van der Waals surface area contributed by atoms with Crippen molar-refractivity contribution < 1.29 is 9.53 Å². The summed E-state index contributed by atoms with van der Waals surface area (Å²) in [7, 11) is 0. The van der Waals surface area contributed by atoms with E-state index in [-0.39, 0.29) is 15.8 Å². The summed E-state index contributed by atoms with van der Waals surface area (Å²) in [4.78, 5) is 31.1. The molecule has 0 bridgehead atoms. The maximum absolute atomic E-state index is 13.5. The van der Waals surface area contributed by atoms with Crippen molar-refractivity contribution in [3.8, 4) is 17.5 Å². The predicted molar refractivity (Wildman–Crippen MR) is 142 cm³/mol. The number of pyridine rings is 1. The number of nitrogens with one attached hydrogen (secondary N) is 1. The van der Waals surface area contributed by atoms with E-state index in [4.69, 9.17) is 4.74 Å². The molecular formula is C28H24N4O3S. The molecule has 0 saturated heterocycles. The maximum Gasteiger partial charge on any atom is 0.273 e. The van der Waals surface area contributed by atoms with E-state index in [2.05, 4.69) is 10.3 Å². The molecular weight excluding hydrogens is 472 g/mol. The van der Waals surface area contributed by atoms with Gasteiger partial charge in [-0.05, 0) is 61.4 Å². The second-order valence-electron chi connectivity index (χ2n) is 7.70. The Bertz CT molecular complexity index is 1600. The number of aryl methyl sites for hydroxylation is 1. The Hall–Kier alpha value is -4.48. The molecule has 0 fully saturated rings. The molecule has 0 aliphatic carbocycles. The molecule has 4 rings (SSSR count). The standard InChI is InChI=1S/C28H24N4O3S/c1-3-19-12-14-21(15-13-19)32-27(34)25(17-20-9-7-8-16-30-20)36-28(32)22(18-29)26(33)31-23-10-5-6-11-24(23)35-4-2/h5-17H,3-4H2,1-2H3,(H,31,33)/b25-17-,28-22-. The minimum Gasteiger partial charge on any atom is -0.492 e. The van der Waals surface area contributed by atoms with Crippen molar-refractivity contribution in [3.05, 3.63) is 104 Å². The summed E-state index contributed by atoms with van der Waals surface area (Å²) in [5.41, 5.74) is 2.21. The first kappa shape index (κ1) is 24.6. The summed E-state index contributed by atoms with van der Waals surface area (Å²) in [6.45, 7) is 4.31. The van der Waals surface area contributed by atoms with Crippen molar-refractivity contribution in [2.24, 2.45) is 0 Å². The smallest absolute Gasteiger partial charge is 0.273 e. The minimum absolute atomic E-state index is 0.177. The normalized spacial score (nSPS) is 12.1. The molecule has 7 nitrogen and oxygen atoms in total. The summed E-state index contributed by atoms with van der Waals surface area (Å²) in [5.74, 6) is -0.136. The highest BCUT2D eigenvalue weighted by atomic mass is 32.1. The molecule has 2 heterocycles. The summed E-state index contributed by atoms with van der Waals surface area (Å²) >= 11 is 1.08. The van der Waals surface area contributed by atoms with E-state index in [1.54, 1.807) is 48.7 Å². The van der Waals surface area contributed by atoms with Crippen LogP contribution in [0.4, 0.5) is 5.69 Å². The Morgan fingerprint density at radius 3 is 2.53 bits per heavy atom. The van der Waals surface area contributed by atoms with Crippen LogP contribution in [0.15, 0.2) is 77.7 Å². The molecule has 1 N–H and O–H groups in total. The van der Waals surface area contributed by atoms with E-state index < -0.39 is 5.91 Å². The van der Waals surface area contributed by atoms with Crippen LogP contribution in [-0.4, -0.2) is 22.1 Å². The van der Waals surface area contributed by atoms with Gasteiger partial charge in [0, 0.05) is 6.20 Å². The number of amides is 1. The van der Waals surface area contributed by atoms with Crippen LogP contribution in [0.5, 0.6) is 5.75 Å². The third-order valence-corrected chi connectivity index (χ3v) is 6.47. The van der Waals surface area contributed by atoms with Gasteiger partial charge in [-0.15, -0.1) is 11.3 Å². The number of aromatic nitrogens is 2. The number of thiazole rings is 1. The van der Waals surface area contributed by atoms with Crippen molar-refractivity contribution >= 4 is 34.6 Å². The highest BCUT2D eigenvalue weighted by Gasteiger charge is 2.18. The molecule has 0 spiro atoms. The molecule has 4 aromatic rings. The van der Waals surface area contributed by atoms with Gasteiger partial charge in [-0.2, -0.15) is 5.26 Å². The Balaban J connectivity index is 1.93. The predicted octanol–water partition coefficient (Wildman–Crippen LogP) is 3.40. The molecule has 36 heavy (non-hydrogen) atoms. The largest absolute Gasteiger partial charge is 0.492 e.